The summed E-state index contributed by atoms with van der Waals surface area (Å²) in [4.78, 5) is 24.0. The number of rotatable bonds is 6. The van der Waals surface area contributed by atoms with Gasteiger partial charge in [0, 0.05) is 19.1 Å². The van der Waals surface area contributed by atoms with Gasteiger partial charge in [-0.25, -0.2) is 9.18 Å². The van der Waals surface area contributed by atoms with Gasteiger partial charge in [-0.05, 0) is 31.5 Å². The lowest BCUT2D eigenvalue weighted by Gasteiger charge is -2.26. The van der Waals surface area contributed by atoms with Crippen molar-refractivity contribution in [2.75, 3.05) is 6.54 Å². The number of nitrogens with one attached hydrogen (secondary N) is 1. The first-order chi connectivity index (χ1) is 9.40. The minimum atomic E-state index is -0.950. The van der Waals surface area contributed by atoms with Crippen LogP contribution in [0.1, 0.15) is 25.8 Å². The van der Waals surface area contributed by atoms with E-state index in [-0.39, 0.29) is 37.4 Å². The zero-order valence-electron chi connectivity index (χ0n) is 11.6. The molecule has 6 heteroatoms. The number of nitrogens with zero attached hydrogens (tertiary/aromatic N) is 1. The van der Waals surface area contributed by atoms with Crippen molar-refractivity contribution in [3.8, 4) is 0 Å². The lowest BCUT2D eigenvalue weighted by Crippen LogP contribution is -2.44. The molecule has 2 N–H and O–H groups in total. The van der Waals surface area contributed by atoms with E-state index in [1.54, 1.807) is 12.1 Å². The molecule has 5 nitrogen and oxygen atoms in total. The van der Waals surface area contributed by atoms with Crippen LogP contribution in [-0.2, 0) is 11.3 Å². The van der Waals surface area contributed by atoms with Gasteiger partial charge in [-0.3, -0.25) is 4.79 Å². The summed E-state index contributed by atoms with van der Waals surface area (Å²) in [6, 6.07) is 5.49. The fourth-order valence-corrected chi connectivity index (χ4v) is 1.74. The summed E-state index contributed by atoms with van der Waals surface area (Å²) in [5.41, 5.74) is 0.653. The Kier molecular flexibility index (Phi) is 5.96. The summed E-state index contributed by atoms with van der Waals surface area (Å²) in [7, 11) is 0. The number of hydrogen-bond donors (Lipinski definition) is 2. The molecule has 1 aromatic rings. The summed E-state index contributed by atoms with van der Waals surface area (Å²) in [5, 5.41) is 11.3. The highest BCUT2D eigenvalue weighted by Crippen LogP contribution is 2.05. The minimum Gasteiger partial charge on any atom is -0.481 e. The normalized spacial score (nSPS) is 10.4. The maximum absolute atomic E-state index is 13.0. The van der Waals surface area contributed by atoms with Gasteiger partial charge in [-0.1, -0.05) is 12.1 Å². The van der Waals surface area contributed by atoms with E-state index in [0.717, 1.165) is 0 Å². The second-order valence-electron chi connectivity index (χ2n) is 4.72. The molecular weight excluding hydrogens is 263 g/mol. The Morgan fingerprint density at radius 1 is 1.40 bits per heavy atom. The third-order valence-corrected chi connectivity index (χ3v) is 2.78. The van der Waals surface area contributed by atoms with Crippen molar-refractivity contribution < 1.29 is 19.1 Å². The Bertz CT molecular complexity index is 477. The van der Waals surface area contributed by atoms with Gasteiger partial charge in [0.15, 0.2) is 0 Å². The number of aliphatic carboxylic acids is 1. The van der Waals surface area contributed by atoms with Crippen molar-refractivity contribution in [1.29, 1.82) is 0 Å². The number of amides is 2. The fraction of sp³-hybridized carbons (Fsp3) is 0.429. The second-order valence-corrected chi connectivity index (χ2v) is 4.72. The number of carbonyl (C=O) groups excluding carboxylic acids is 1. The SMILES string of the molecule is CC(C)N(CCC(=O)O)C(=O)NCc1cccc(F)c1. The summed E-state index contributed by atoms with van der Waals surface area (Å²) < 4.78 is 13.0. The van der Waals surface area contributed by atoms with Crippen LogP contribution in [0.15, 0.2) is 24.3 Å². The minimum absolute atomic E-state index is 0.106. The molecule has 0 spiro atoms. The van der Waals surface area contributed by atoms with Gasteiger partial charge >= 0.3 is 12.0 Å². The topological polar surface area (TPSA) is 69.6 Å². The predicted molar refractivity (Wildman–Crippen MR) is 72.7 cm³/mol. The molecule has 0 saturated heterocycles. The quantitative estimate of drug-likeness (QED) is 0.840. The van der Waals surface area contributed by atoms with Crippen LogP contribution in [0.5, 0.6) is 0 Å². The highest BCUT2D eigenvalue weighted by Gasteiger charge is 2.17. The van der Waals surface area contributed by atoms with E-state index in [1.807, 2.05) is 13.8 Å². The van der Waals surface area contributed by atoms with Gasteiger partial charge in [-0.15, -0.1) is 0 Å². The Labute approximate surface area is 117 Å². The van der Waals surface area contributed by atoms with Crippen LogP contribution in [0, 0.1) is 5.82 Å². The van der Waals surface area contributed by atoms with Gasteiger partial charge in [0.05, 0.1) is 6.42 Å². The number of carboxylic acid groups (broad SMARTS) is 1. The average Bonchev–Trinajstić information content (AvgIpc) is 2.36. The fourth-order valence-electron chi connectivity index (χ4n) is 1.74. The highest BCUT2D eigenvalue weighted by atomic mass is 19.1. The van der Waals surface area contributed by atoms with E-state index < -0.39 is 5.97 Å². The van der Waals surface area contributed by atoms with Crippen LogP contribution in [-0.4, -0.2) is 34.6 Å². The van der Waals surface area contributed by atoms with Crippen LogP contribution < -0.4 is 5.32 Å². The van der Waals surface area contributed by atoms with Crippen LogP contribution >= 0.6 is 0 Å². The number of carbonyl (C=O) groups is 2. The van der Waals surface area contributed by atoms with Gasteiger partial charge in [0.2, 0.25) is 0 Å². The van der Waals surface area contributed by atoms with Crippen LogP contribution in [0.3, 0.4) is 0 Å². The lowest BCUT2D eigenvalue weighted by molar-refractivity contribution is -0.137. The van der Waals surface area contributed by atoms with Gasteiger partial charge < -0.3 is 15.3 Å². The third-order valence-electron chi connectivity index (χ3n) is 2.78. The maximum atomic E-state index is 13.0. The molecule has 110 valence electrons. The van der Waals surface area contributed by atoms with Crippen LogP contribution in [0.2, 0.25) is 0 Å². The smallest absolute Gasteiger partial charge is 0.317 e. The standard InChI is InChI=1S/C14H19FN2O3/c1-10(2)17(7-6-13(18)19)14(20)16-9-11-4-3-5-12(15)8-11/h3-5,8,10H,6-7,9H2,1-2H3,(H,16,20)(H,18,19). The zero-order chi connectivity index (χ0) is 15.1. The first-order valence-corrected chi connectivity index (χ1v) is 6.41. The Balaban J connectivity index is 2.55. The molecule has 0 atom stereocenters. The molecule has 0 unspecified atom stereocenters. The molecule has 0 radical (unpaired) electrons. The zero-order valence-corrected chi connectivity index (χ0v) is 11.6. The summed E-state index contributed by atoms with van der Waals surface area (Å²) in [6.45, 7) is 3.96. The van der Waals surface area contributed by atoms with E-state index in [4.69, 9.17) is 5.11 Å². The molecule has 0 saturated carbocycles. The number of halogens is 1. The van der Waals surface area contributed by atoms with E-state index in [9.17, 15) is 14.0 Å². The monoisotopic (exact) mass is 282 g/mol. The highest BCUT2D eigenvalue weighted by molar-refractivity contribution is 5.75. The Morgan fingerprint density at radius 3 is 2.65 bits per heavy atom. The van der Waals surface area contributed by atoms with Gasteiger partial charge in [-0.2, -0.15) is 0 Å². The largest absolute Gasteiger partial charge is 0.481 e. The third kappa shape index (κ3) is 5.26. The molecular formula is C14H19FN2O3. The molecule has 0 fully saturated rings. The lowest BCUT2D eigenvalue weighted by atomic mass is 10.2. The van der Waals surface area contributed by atoms with Crippen LogP contribution in [0.25, 0.3) is 0 Å². The molecule has 1 rings (SSSR count). The molecule has 0 aliphatic carbocycles. The summed E-state index contributed by atoms with van der Waals surface area (Å²) in [6.07, 6.45) is -0.106. The molecule has 0 aromatic heterocycles. The second kappa shape index (κ2) is 7.47. The van der Waals surface area contributed by atoms with Crippen molar-refractivity contribution >= 4 is 12.0 Å². The molecule has 0 bridgehead atoms. The molecule has 1 aromatic carbocycles. The maximum Gasteiger partial charge on any atom is 0.317 e. The molecule has 0 aliphatic rings. The van der Waals surface area contributed by atoms with Crippen molar-refractivity contribution in [2.45, 2.75) is 32.9 Å². The summed E-state index contributed by atoms with van der Waals surface area (Å²) in [5.74, 6) is -1.31. The molecule has 20 heavy (non-hydrogen) atoms. The van der Waals surface area contributed by atoms with Crippen molar-refractivity contribution in [3.05, 3.63) is 35.6 Å². The number of carboxylic acids is 1. The van der Waals surface area contributed by atoms with Gasteiger partial charge in [0.1, 0.15) is 5.82 Å². The molecule has 0 aliphatic heterocycles. The average molecular weight is 282 g/mol. The van der Waals surface area contributed by atoms with Gasteiger partial charge in [0.25, 0.3) is 0 Å². The number of hydrogen-bond acceptors (Lipinski definition) is 2. The van der Waals surface area contributed by atoms with Crippen LogP contribution in [0.4, 0.5) is 9.18 Å². The number of benzene rings is 1. The van der Waals surface area contributed by atoms with E-state index in [1.165, 1.54) is 17.0 Å². The Morgan fingerprint density at radius 2 is 2.10 bits per heavy atom. The Hall–Kier alpha value is -2.11. The van der Waals surface area contributed by atoms with Crippen molar-refractivity contribution in [2.24, 2.45) is 0 Å². The van der Waals surface area contributed by atoms with Crippen molar-refractivity contribution in [1.82, 2.24) is 10.2 Å². The number of urea groups is 1. The molecule has 2 amide bonds. The summed E-state index contributed by atoms with van der Waals surface area (Å²) >= 11 is 0. The van der Waals surface area contributed by atoms with E-state index in [2.05, 4.69) is 5.32 Å². The van der Waals surface area contributed by atoms with Crippen molar-refractivity contribution in [3.63, 3.8) is 0 Å². The first kappa shape index (κ1) is 15.9. The molecule has 0 heterocycles. The predicted octanol–water partition coefficient (Wildman–Crippen LogP) is 2.22. The first-order valence-electron chi connectivity index (χ1n) is 6.41. The van der Waals surface area contributed by atoms with E-state index in [0.29, 0.717) is 5.56 Å². The van der Waals surface area contributed by atoms with E-state index >= 15 is 0 Å².